The number of aromatic amines is 2. The summed E-state index contributed by atoms with van der Waals surface area (Å²) in [5.74, 6) is 0.787. The summed E-state index contributed by atoms with van der Waals surface area (Å²) >= 11 is 5.96. The molecule has 0 aliphatic carbocycles. The highest BCUT2D eigenvalue weighted by atomic mass is 35.5. The van der Waals surface area contributed by atoms with Crippen molar-refractivity contribution in [2.75, 3.05) is 0 Å². The molecule has 0 unspecified atom stereocenters. The molecule has 0 saturated carbocycles. The SMILES string of the molecule is Cc1[nH]nc(-c2nc3ccc(-c4ccc(Cl)cc4)cc3[nH]2)c1C. The van der Waals surface area contributed by atoms with Gasteiger partial charge in [0.05, 0.1) is 11.0 Å². The van der Waals surface area contributed by atoms with E-state index in [2.05, 4.69) is 32.3 Å². The Morgan fingerprint density at radius 1 is 0.957 bits per heavy atom. The molecule has 2 N–H and O–H groups in total. The second-order valence-electron chi connectivity index (χ2n) is 5.65. The summed E-state index contributed by atoms with van der Waals surface area (Å²) in [6.07, 6.45) is 0. The molecule has 114 valence electrons. The standard InChI is InChI=1S/C18H15ClN4/c1-10-11(2)22-23-17(10)18-20-15-8-5-13(9-16(15)21-18)12-3-6-14(19)7-4-12/h3-9H,1-2H3,(H,20,21)(H,22,23). The topological polar surface area (TPSA) is 57.4 Å². The van der Waals surface area contributed by atoms with Crippen molar-refractivity contribution in [3.63, 3.8) is 0 Å². The number of aromatic nitrogens is 4. The minimum absolute atomic E-state index is 0.739. The fourth-order valence-corrected chi connectivity index (χ4v) is 2.79. The summed E-state index contributed by atoms with van der Waals surface area (Å²) in [4.78, 5) is 8.01. The Balaban J connectivity index is 1.81. The lowest BCUT2D eigenvalue weighted by Gasteiger charge is -2.01. The summed E-state index contributed by atoms with van der Waals surface area (Å²) in [5, 5.41) is 8.08. The van der Waals surface area contributed by atoms with Gasteiger partial charge in [0.2, 0.25) is 0 Å². The van der Waals surface area contributed by atoms with E-state index in [1.54, 1.807) is 0 Å². The Morgan fingerprint density at radius 3 is 2.39 bits per heavy atom. The molecule has 0 bridgehead atoms. The van der Waals surface area contributed by atoms with Crippen LogP contribution in [0.25, 0.3) is 33.7 Å². The number of hydrogen-bond donors (Lipinski definition) is 2. The van der Waals surface area contributed by atoms with Crippen molar-refractivity contribution in [1.82, 2.24) is 20.2 Å². The Hall–Kier alpha value is -2.59. The first-order valence-electron chi connectivity index (χ1n) is 7.39. The fourth-order valence-electron chi connectivity index (χ4n) is 2.66. The van der Waals surface area contributed by atoms with Crippen LogP contribution in [0, 0.1) is 13.8 Å². The number of nitrogens with one attached hydrogen (secondary N) is 2. The molecule has 0 aliphatic rings. The molecule has 4 nitrogen and oxygen atoms in total. The number of rotatable bonds is 2. The third-order valence-electron chi connectivity index (χ3n) is 4.14. The largest absolute Gasteiger partial charge is 0.337 e. The van der Waals surface area contributed by atoms with Crippen LogP contribution in [-0.4, -0.2) is 20.2 Å². The van der Waals surface area contributed by atoms with Gasteiger partial charge in [0.1, 0.15) is 5.69 Å². The third-order valence-corrected chi connectivity index (χ3v) is 4.39. The number of H-pyrrole nitrogens is 2. The molecule has 23 heavy (non-hydrogen) atoms. The first kappa shape index (κ1) is 14.0. The van der Waals surface area contributed by atoms with Gasteiger partial charge >= 0.3 is 0 Å². The lowest BCUT2D eigenvalue weighted by Crippen LogP contribution is -1.83. The van der Waals surface area contributed by atoms with Crippen LogP contribution in [0.15, 0.2) is 42.5 Å². The van der Waals surface area contributed by atoms with E-state index in [9.17, 15) is 0 Å². The normalized spacial score (nSPS) is 11.3. The zero-order valence-electron chi connectivity index (χ0n) is 12.8. The predicted molar refractivity (Wildman–Crippen MR) is 93.6 cm³/mol. The molecular weight excluding hydrogens is 308 g/mol. The minimum atomic E-state index is 0.739. The maximum absolute atomic E-state index is 5.96. The molecule has 0 amide bonds. The molecule has 4 rings (SSSR count). The minimum Gasteiger partial charge on any atom is -0.337 e. The number of halogens is 1. The van der Waals surface area contributed by atoms with Gasteiger partial charge in [-0.1, -0.05) is 29.8 Å². The van der Waals surface area contributed by atoms with Crippen molar-refractivity contribution in [1.29, 1.82) is 0 Å². The van der Waals surface area contributed by atoms with E-state index in [0.29, 0.717) is 0 Å². The average Bonchev–Trinajstić information content (AvgIpc) is 3.11. The van der Waals surface area contributed by atoms with Gasteiger partial charge in [-0.05, 0) is 49.2 Å². The molecule has 0 radical (unpaired) electrons. The second-order valence-corrected chi connectivity index (χ2v) is 6.08. The summed E-state index contributed by atoms with van der Waals surface area (Å²) in [5.41, 5.74) is 7.21. The van der Waals surface area contributed by atoms with Crippen LogP contribution >= 0.6 is 11.6 Å². The highest BCUT2D eigenvalue weighted by Crippen LogP contribution is 2.27. The molecule has 2 aromatic heterocycles. The van der Waals surface area contributed by atoms with Crippen molar-refractivity contribution >= 4 is 22.6 Å². The molecule has 0 atom stereocenters. The third kappa shape index (κ3) is 2.41. The van der Waals surface area contributed by atoms with E-state index >= 15 is 0 Å². The van der Waals surface area contributed by atoms with Crippen LogP contribution in [0.5, 0.6) is 0 Å². The second kappa shape index (κ2) is 5.25. The number of aryl methyl sites for hydroxylation is 1. The number of imidazole rings is 1. The van der Waals surface area contributed by atoms with Gasteiger partial charge < -0.3 is 4.98 Å². The van der Waals surface area contributed by atoms with Gasteiger partial charge in [-0.15, -0.1) is 0 Å². The number of nitrogens with zero attached hydrogens (tertiary/aromatic N) is 2. The number of fused-ring (bicyclic) bond motifs is 1. The highest BCUT2D eigenvalue weighted by molar-refractivity contribution is 6.30. The van der Waals surface area contributed by atoms with Gasteiger partial charge in [0.15, 0.2) is 5.82 Å². The Labute approximate surface area is 138 Å². The van der Waals surface area contributed by atoms with Crippen molar-refractivity contribution in [2.24, 2.45) is 0 Å². The monoisotopic (exact) mass is 322 g/mol. The maximum Gasteiger partial charge on any atom is 0.159 e. The van der Waals surface area contributed by atoms with E-state index in [1.807, 2.05) is 44.2 Å². The van der Waals surface area contributed by atoms with Crippen LogP contribution < -0.4 is 0 Å². The highest BCUT2D eigenvalue weighted by Gasteiger charge is 2.13. The van der Waals surface area contributed by atoms with Crippen molar-refractivity contribution in [2.45, 2.75) is 13.8 Å². The molecule has 0 spiro atoms. The summed E-state index contributed by atoms with van der Waals surface area (Å²) < 4.78 is 0. The summed E-state index contributed by atoms with van der Waals surface area (Å²) in [6, 6.07) is 14.0. The zero-order valence-corrected chi connectivity index (χ0v) is 13.6. The first-order chi connectivity index (χ1) is 11.1. The van der Waals surface area contributed by atoms with Crippen LogP contribution in [0.2, 0.25) is 5.02 Å². The molecule has 0 fully saturated rings. The smallest absolute Gasteiger partial charge is 0.159 e. The van der Waals surface area contributed by atoms with E-state index in [-0.39, 0.29) is 0 Å². The lowest BCUT2D eigenvalue weighted by molar-refractivity contribution is 1.04. The quantitative estimate of drug-likeness (QED) is 0.552. The predicted octanol–water partition coefficient (Wildman–Crippen LogP) is 4.89. The van der Waals surface area contributed by atoms with Crippen molar-refractivity contribution in [3.05, 3.63) is 58.7 Å². The first-order valence-corrected chi connectivity index (χ1v) is 7.77. The maximum atomic E-state index is 5.96. The van der Waals surface area contributed by atoms with Crippen LogP contribution in [0.3, 0.4) is 0 Å². The van der Waals surface area contributed by atoms with Gasteiger partial charge in [0, 0.05) is 16.3 Å². The van der Waals surface area contributed by atoms with E-state index in [0.717, 1.165) is 50.0 Å². The Kier molecular flexibility index (Phi) is 3.20. The van der Waals surface area contributed by atoms with Crippen LogP contribution in [-0.2, 0) is 0 Å². The Morgan fingerprint density at radius 2 is 1.70 bits per heavy atom. The average molecular weight is 323 g/mol. The van der Waals surface area contributed by atoms with Crippen LogP contribution in [0.1, 0.15) is 11.3 Å². The van der Waals surface area contributed by atoms with Gasteiger partial charge in [-0.2, -0.15) is 5.10 Å². The summed E-state index contributed by atoms with van der Waals surface area (Å²) in [6.45, 7) is 4.05. The van der Waals surface area contributed by atoms with E-state index in [4.69, 9.17) is 11.6 Å². The van der Waals surface area contributed by atoms with Gasteiger partial charge in [0.25, 0.3) is 0 Å². The van der Waals surface area contributed by atoms with E-state index < -0.39 is 0 Å². The molecular formula is C18H15ClN4. The number of hydrogen-bond acceptors (Lipinski definition) is 2. The van der Waals surface area contributed by atoms with Gasteiger partial charge in [-0.3, -0.25) is 5.10 Å². The van der Waals surface area contributed by atoms with E-state index in [1.165, 1.54) is 0 Å². The molecule has 5 heteroatoms. The fraction of sp³-hybridized carbons (Fsp3) is 0.111. The molecule has 2 aromatic carbocycles. The lowest BCUT2D eigenvalue weighted by atomic mass is 10.1. The Bertz CT molecular complexity index is 996. The number of benzene rings is 2. The van der Waals surface area contributed by atoms with Gasteiger partial charge in [-0.25, -0.2) is 4.98 Å². The van der Waals surface area contributed by atoms with Crippen molar-refractivity contribution in [3.8, 4) is 22.6 Å². The molecule has 4 aromatic rings. The summed E-state index contributed by atoms with van der Waals surface area (Å²) in [7, 11) is 0. The molecule has 0 aliphatic heterocycles. The zero-order chi connectivity index (χ0) is 16.0. The molecule has 0 saturated heterocycles. The van der Waals surface area contributed by atoms with Crippen molar-refractivity contribution < 1.29 is 0 Å². The van der Waals surface area contributed by atoms with Crippen LogP contribution in [0.4, 0.5) is 0 Å². The molecule has 2 heterocycles.